The third-order valence-corrected chi connectivity index (χ3v) is 5.29. The average molecular weight is 303 g/mol. The predicted octanol–water partition coefficient (Wildman–Crippen LogP) is 1.37. The van der Waals surface area contributed by atoms with Gasteiger partial charge in [-0.2, -0.15) is 0 Å². The molecule has 0 radical (unpaired) electrons. The highest BCUT2D eigenvalue weighted by Gasteiger charge is 2.33. The molecule has 1 saturated heterocycles. The summed E-state index contributed by atoms with van der Waals surface area (Å²) in [5.74, 6) is 3.13. The molecule has 120 valence electrons. The Morgan fingerprint density at radius 2 is 2.00 bits per heavy atom. The number of rotatable bonds is 3. The van der Waals surface area contributed by atoms with Crippen LogP contribution in [0.4, 0.5) is 0 Å². The second-order valence-electron chi connectivity index (χ2n) is 7.04. The van der Waals surface area contributed by atoms with Crippen molar-refractivity contribution >= 4 is 5.91 Å². The highest BCUT2D eigenvalue weighted by atomic mass is 16.2. The number of fused-ring (bicyclic) bond motifs is 1. The third-order valence-electron chi connectivity index (χ3n) is 5.29. The van der Waals surface area contributed by atoms with Crippen LogP contribution < -0.4 is 0 Å². The first kappa shape index (κ1) is 14.2. The molecule has 0 aromatic carbocycles. The van der Waals surface area contributed by atoms with Crippen LogP contribution in [-0.2, 0) is 17.9 Å². The van der Waals surface area contributed by atoms with Gasteiger partial charge in [-0.15, -0.1) is 10.2 Å². The first-order valence-electron chi connectivity index (χ1n) is 8.66. The summed E-state index contributed by atoms with van der Waals surface area (Å²) >= 11 is 0. The lowest BCUT2D eigenvalue weighted by Crippen LogP contribution is -2.48. The molecule has 0 bridgehead atoms. The van der Waals surface area contributed by atoms with Gasteiger partial charge in [-0.05, 0) is 39.0 Å². The Morgan fingerprint density at radius 1 is 1.14 bits per heavy atom. The minimum Gasteiger partial charge on any atom is -0.339 e. The summed E-state index contributed by atoms with van der Waals surface area (Å²) in [5, 5.41) is 8.72. The molecule has 1 saturated carbocycles. The van der Waals surface area contributed by atoms with Gasteiger partial charge >= 0.3 is 0 Å². The normalized spacial score (nSPS) is 26.0. The lowest BCUT2D eigenvalue weighted by molar-refractivity contribution is -0.136. The van der Waals surface area contributed by atoms with E-state index in [2.05, 4.69) is 31.5 Å². The average Bonchev–Trinajstić information content (AvgIpc) is 3.27. The van der Waals surface area contributed by atoms with E-state index in [1.54, 1.807) is 0 Å². The molecular weight excluding hydrogens is 278 g/mol. The summed E-state index contributed by atoms with van der Waals surface area (Å²) < 4.78 is 2.28. The molecule has 2 aliphatic heterocycles. The van der Waals surface area contributed by atoms with Gasteiger partial charge in [0.05, 0.1) is 13.1 Å². The maximum absolute atomic E-state index is 12.6. The molecule has 1 atom stereocenters. The summed E-state index contributed by atoms with van der Waals surface area (Å²) in [6, 6.07) is 0.399. The second kappa shape index (κ2) is 5.65. The molecule has 1 aromatic rings. The van der Waals surface area contributed by atoms with E-state index >= 15 is 0 Å². The largest absolute Gasteiger partial charge is 0.339 e. The lowest BCUT2D eigenvalue weighted by atomic mass is 10.0. The van der Waals surface area contributed by atoms with Crippen molar-refractivity contribution in [3.63, 3.8) is 0 Å². The van der Waals surface area contributed by atoms with Crippen LogP contribution in [0.3, 0.4) is 0 Å². The van der Waals surface area contributed by atoms with Crippen molar-refractivity contribution in [1.82, 2.24) is 24.6 Å². The highest BCUT2D eigenvalue weighted by Crippen LogP contribution is 2.39. The zero-order valence-corrected chi connectivity index (χ0v) is 13.4. The number of nitrogens with zero attached hydrogens (tertiary/aromatic N) is 5. The quantitative estimate of drug-likeness (QED) is 0.846. The van der Waals surface area contributed by atoms with Crippen molar-refractivity contribution in [3.05, 3.63) is 11.6 Å². The maximum atomic E-state index is 12.6. The Balaban J connectivity index is 1.39. The van der Waals surface area contributed by atoms with E-state index in [0.29, 0.717) is 18.5 Å². The molecule has 6 nitrogen and oxygen atoms in total. The number of hydrogen-bond donors (Lipinski definition) is 0. The van der Waals surface area contributed by atoms with Gasteiger partial charge < -0.3 is 9.47 Å². The van der Waals surface area contributed by atoms with Crippen LogP contribution in [0, 0.1) is 0 Å². The number of amides is 1. The molecular formula is C16H25N5O. The van der Waals surface area contributed by atoms with Crippen LogP contribution in [0.1, 0.15) is 56.6 Å². The molecule has 4 rings (SSSR count). The van der Waals surface area contributed by atoms with Gasteiger partial charge in [0.1, 0.15) is 11.6 Å². The lowest BCUT2D eigenvalue weighted by Gasteiger charge is -2.36. The third kappa shape index (κ3) is 2.64. The van der Waals surface area contributed by atoms with Crippen molar-refractivity contribution in [2.24, 2.45) is 0 Å². The van der Waals surface area contributed by atoms with E-state index in [4.69, 9.17) is 0 Å². The van der Waals surface area contributed by atoms with Gasteiger partial charge in [0.25, 0.3) is 0 Å². The van der Waals surface area contributed by atoms with Crippen LogP contribution >= 0.6 is 0 Å². The predicted molar refractivity (Wildman–Crippen MR) is 82.3 cm³/mol. The summed E-state index contributed by atoms with van der Waals surface area (Å²) in [7, 11) is 0. The van der Waals surface area contributed by atoms with Crippen LogP contribution in [0.25, 0.3) is 0 Å². The fraction of sp³-hybridized carbons (Fsp3) is 0.812. The monoisotopic (exact) mass is 303 g/mol. The Hall–Kier alpha value is -1.43. The first-order valence-corrected chi connectivity index (χ1v) is 8.66. The van der Waals surface area contributed by atoms with Crippen LogP contribution in [0.2, 0.25) is 0 Å². The van der Waals surface area contributed by atoms with Gasteiger partial charge in [0.15, 0.2) is 0 Å². The number of aromatic nitrogens is 3. The standard InChI is InChI=1S/C16H25N5O/c1-12-4-2-3-7-20(12)15(22)11-19-8-9-21-14(10-19)17-18-16(21)13-5-6-13/h12-13H,2-11H2,1H3. The molecule has 22 heavy (non-hydrogen) atoms. The minimum atomic E-state index is 0.280. The van der Waals surface area contributed by atoms with E-state index in [1.807, 2.05) is 0 Å². The fourth-order valence-electron chi connectivity index (χ4n) is 3.76. The van der Waals surface area contributed by atoms with Gasteiger partial charge in [-0.25, -0.2) is 0 Å². The molecule has 3 heterocycles. The SMILES string of the molecule is CC1CCCCN1C(=O)CN1CCn2c(nnc2C2CC2)C1. The van der Waals surface area contributed by atoms with E-state index in [0.717, 1.165) is 44.8 Å². The molecule has 1 amide bonds. The molecule has 2 fully saturated rings. The van der Waals surface area contributed by atoms with E-state index in [9.17, 15) is 4.79 Å². The highest BCUT2D eigenvalue weighted by molar-refractivity contribution is 5.78. The number of carbonyl (C=O) groups excluding carboxylic acids is 1. The molecule has 6 heteroatoms. The van der Waals surface area contributed by atoms with Gasteiger partial charge in [-0.3, -0.25) is 9.69 Å². The number of carbonyl (C=O) groups is 1. The second-order valence-corrected chi connectivity index (χ2v) is 7.04. The Bertz CT molecular complexity index is 565. The summed E-state index contributed by atoms with van der Waals surface area (Å²) in [6.45, 7) is 6.24. The van der Waals surface area contributed by atoms with Crippen molar-refractivity contribution in [1.29, 1.82) is 0 Å². The Kier molecular flexibility index (Phi) is 3.64. The minimum absolute atomic E-state index is 0.280. The summed E-state index contributed by atoms with van der Waals surface area (Å²) in [5.41, 5.74) is 0. The molecule has 0 spiro atoms. The number of piperidine rings is 1. The maximum Gasteiger partial charge on any atom is 0.237 e. The molecule has 0 N–H and O–H groups in total. The first-order chi connectivity index (χ1) is 10.7. The zero-order chi connectivity index (χ0) is 15.1. The summed E-state index contributed by atoms with van der Waals surface area (Å²) in [4.78, 5) is 16.8. The van der Waals surface area contributed by atoms with Crippen molar-refractivity contribution in [3.8, 4) is 0 Å². The van der Waals surface area contributed by atoms with Gasteiger partial charge in [0, 0.05) is 31.6 Å². The number of likely N-dealkylation sites (tertiary alicyclic amines) is 1. The van der Waals surface area contributed by atoms with Gasteiger partial charge in [0.2, 0.25) is 5.91 Å². The van der Waals surface area contributed by atoms with Crippen LogP contribution in [-0.4, -0.2) is 56.1 Å². The van der Waals surface area contributed by atoms with Crippen LogP contribution in [0.5, 0.6) is 0 Å². The molecule has 1 unspecified atom stereocenters. The molecule has 3 aliphatic rings. The van der Waals surface area contributed by atoms with Crippen molar-refractivity contribution in [2.45, 2.75) is 64.1 Å². The van der Waals surface area contributed by atoms with E-state index < -0.39 is 0 Å². The van der Waals surface area contributed by atoms with Crippen molar-refractivity contribution in [2.75, 3.05) is 19.6 Å². The van der Waals surface area contributed by atoms with Crippen molar-refractivity contribution < 1.29 is 4.79 Å². The Morgan fingerprint density at radius 3 is 2.77 bits per heavy atom. The molecule has 1 aliphatic carbocycles. The Labute approximate surface area is 131 Å². The smallest absolute Gasteiger partial charge is 0.237 e. The van der Waals surface area contributed by atoms with Gasteiger partial charge in [-0.1, -0.05) is 0 Å². The fourth-order valence-corrected chi connectivity index (χ4v) is 3.76. The van der Waals surface area contributed by atoms with E-state index in [1.165, 1.54) is 25.1 Å². The number of hydrogen-bond acceptors (Lipinski definition) is 4. The van der Waals surface area contributed by atoms with Crippen LogP contribution in [0.15, 0.2) is 0 Å². The van der Waals surface area contributed by atoms with E-state index in [-0.39, 0.29) is 5.91 Å². The molecule has 1 aromatic heterocycles. The zero-order valence-electron chi connectivity index (χ0n) is 13.4. The summed E-state index contributed by atoms with van der Waals surface area (Å²) in [6.07, 6.45) is 6.06. The topological polar surface area (TPSA) is 54.3 Å².